The Bertz CT molecular complexity index is 686. The van der Waals surface area contributed by atoms with Crippen LogP contribution in [0.5, 0.6) is 0 Å². The van der Waals surface area contributed by atoms with Crippen molar-refractivity contribution in [1.29, 1.82) is 0 Å². The van der Waals surface area contributed by atoms with Gasteiger partial charge in [0.1, 0.15) is 5.78 Å². The molecule has 24 heavy (non-hydrogen) atoms. The Hall–Kier alpha value is -2.19. The van der Waals surface area contributed by atoms with Crippen molar-refractivity contribution in [1.82, 2.24) is 0 Å². The van der Waals surface area contributed by atoms with Crippen LogP contribution in [0.3, 0.4) is 0 Å². The third kappa shape index (κ3) is 5.78. The molecule has 0 bridgehead atoms. The van der Waals surface area contributed by atoms with E-state index in [1.807, 2.05) is 43.3 Å². The lowest BCUT2D eigenvalue weighted by Crippen LogP contribution is -2.02. The van der Waals surface area contributed by atoms with Crippen molar-refractivity contribution < 1.29 is 9.90 Å². The zero-order chi connectivity index (χ0) is 17.4. The largest absolute Gasteiger partial charge is 0.388 e. The number of aryl methyl sites for hydroxylation is 1. The van der Waals surface area contributed by atoms with E-state index in [2.05, 4.69) is 31.2 Å². The van der Waals surface area contributed by atoms with E-state index >= 15 is 0 Å². The summed E-state index contributed by atoms with van der Waals surface area (Å²) in [6.07, 6.45) is 3.93. The molecule has 0 amide bonds. The molecular formula is C22H26O2. The number of carbonyl (C=O) groups is 1. The molecular weight excluding hydrogens is 296 g/mol. The van der Waals surface area contributed by atoms with Crippen molar-refractivity contribution in [2.75, 3.05) is 0 Å². The third-order valence-electron chi connectivity index (χ3n) is 4.17. The van der Waals surface area contributed by atoms with Crippen molar-refractivity contribution >= 4 is 11.9 Å². The number of benzene rings is 2. The number of Topliss-reactive ketones (excluding diaryl/α,β-unsaturated/α-hetero) is 1. The van der Waals surface area contributed by atoms with Crippen LogP contribution in [0.1, 0.15) is 55.4 Å². The summed E-state index contributed by atoms with van der Waals surface area (Å²) in [7, 11) is 0. The molecule has 2 nitrogen and oxygen atoms in total. The van der Waals surface area contributed by atoms with Gasteiger partial charge in [0, 0.05) is 12.8 Å². The van der Waals surface area contributed by atoms with Gasteiger partial charge in [0.25, 0.3) is 0 Å². The van der Waals surface area contributed by atoms with E-state index in [0.29, 0.717) is 25.7 Å². The summed E-state index contributed by atoms with van der Waals surface area (Å²) in [5.74, 6) is 0.263. The highest BCUT2D eigenvalue weighted by Crippen LogP contribution is 2.25. The Labute approximate surface area is 144 Å². The van der Waals surface area contributed by atoms with Gasteiger partial charge in [-0.15, -0.1) is 0 Å². The quantitative estimate of drug-likeness (QED) is 0.719. The monoisotopic (exact) mass is 322 g/mol. The molecule has 0 saturated heterocycles. The molecule has 0 aliphatic rings. The summed E-state index contributed by atoms with van der Waals surface area (Å²) < 4.78 is 0. The standard InChI is InChI=1S/C22H26O2/c1-3-21(23)13-12-19(15-18-9-7-8-17(2)14-18)16-22(24)20-10-5-4-6-11-20/h4-11,14-15,22,24H,3,12-13,16H2,1-2H3/b19-15+. The number of aliphatic hydroxyl groups excluding tert-OH is 1. The molecule has 0 fully saturated rings. The molecule has 0 aromatic heterocycles. The molecule has 0 spiro atoms. The summed E-state index contributed by atoms with van der Waals surface area (Å²) >= 11 is 0. The first-order chi connectivity index (χ1) is 11.6. The molecule has 126 valence electrons. The Morgan fingerprint density at radius 1 is 1.08 bits per heavy atom. The van der Waals surface area contributed by atoms with Gasteiger partial charge < -0.3 is 5.11 Å². The second-order valence-electron chi connectivity index (χ2n) is 6.24. The average Bonchev–Trinajstić information content (AvgIpc) is 2.60. The van der Waals surface area contributed by atoms with Crippen LogP contribution >= 0.6 is 0 Å². The number of rotatable bonds is 8. The summed E-state index contributed by atoms with van der Waals surface area (Å²) in [6.45, 7) is 3.96. The zero-order valence-electron chi connectivity index (χ0n) is 14.5. The van der Waals surface area contributed by atoms with E-state index in [0.717, 1.165) is 16.7 Å². The van der Waals surface area contributed by atoms with Gasteiger partial charge in [-0.1, -0.05) is 78.7 Å². The number of carbonyl (C=O) groups excluding carboxylic acids is 1. The van der Waals surface area contributed by atoms with Crippen molar-refractivity contribution in [2.45, 2.75) is 45.6 Å². The van der Waals surface area contributed by atoms with Crippen LogP contribution in [0.15, 0.2) is 60.2 Å². The number of ketones is 1. The minimum Gasteiger partial charge on any atom is -0.388 e. The lowest BCUT2D eigenvalue weighted by molar-refractivity contribution is -0.118. The number of hydrogen-bond donors (Lipinski definition) is 1. The lowest BCUT2D eigenvalue weighted by Gasteiger charge is -2.14. The Kier molecular flexibility index (Phi) is 6.95. The van der Waals surface area contributed by atoms with Gasteiger partial charge in [-0.3, -0.25) is 4.79 Å². The molecule has 1 unspecified atom stereocenters. The fourth-order valence-corrected chi connectivity index (χ4v) is 2.75. The maximum Gasteiger partial charge on any atom is 0.132 e. The predicted octanol–water partition coefficient (Wildman–Crippen LogP) is 5.26. The fourth-order valence-electron chi connectivity index (χ4n) is 2.75. The minimum absolute atomic E-state index is 0.263. The Morgan fingerprint density at radius 3 is 2.50 bits per heavy atom. The summed E-state index contributed by atoms with van der Waals surface area (Å²) in [5, 5.41) is 10.5. The van der Waals surface area contributed by atoms with Gasteiger partial charge in [-0.2, -0.15) is 0 Å². The molecule has 0 aliphatic heterocycles. The van der Waals surface area contributed by atoms with E-state index in [9.17, 15) is 9.90 Å². The second kappa shape index (κ2) is 9.19. The van der Waals surface area contributed by atoms with E-state index in [4.69, 9.17) is 0 Å². The minimum atomic E-state index is -0.543. The van der Waals surface area contributed by atoms with Gasteiger partial charge in [-0.05, 0) is 30.9 Å². The fraction of sp³-hybridized carbons (Fsp3) is 0.318. The molecule has 2 aromatic rings. The van der Waals surface area contributed by atoms with Gasteiger partial charge >= 0.3 is 0 Å². The van der Waals surface area contributed by atoms with E-state index in [1.54, 1.807) is 0 Å². The molecule has 2 aromatic carbocycles. The van der Waals surface area contributed by atoms with Crippen LogP contribution in [0.2, 0.25) is 0 Å². The van der Waals surface area contributed by atoms with E-state index in [-0.39, 0.29) is 5.78 Å². The summed E-state index contributed by atoms with van der Waals surface area (Å²) in [4.78, 5) is 11.7. The van der Waals surface area contributed by atoms with Crippen molar-refractivity contribution in [3.05, 3.63) is 76.9 Å². The van der Waals surface area contributed by atoms with Crippen molar-refractivity contribution in [3.8, 4) is 0 Å². The normalized spacial score (nSPS) is 12.9. The smallest absolute Gasteiger partial charge is 0.132 e. The highest BCUT2D eigenvalue weighted by atomic mass is 16.3. The highest BCUT2D eigenvalue weighted by molar-refractivity contribution is 5.78. The highest BCUT2D eigenvalue weighted by Gasteiger charge is 2.11. The lowest BCUT2D eigenvalue weighted by atomic mass is 9.95. The van der Waals surface area contributed by atoms with Crippen LogP contribution in [0.25, 0.3) is 6.08 Å². The second-order valence-corrected chi connectivity index (χ2v) is 6.24. The summed E-state index contributed by atoms with van der Waals surface area (Å²) in [5.41, 5.74) is 4.35. The Morgan fingerprint density at radius 2 is 1.83 bits per heavy atom. The molecule has 1 N–H and O–H groups in total. The molecule has 1 atom stereocenters. The van der Waals surface area contributed by atoms with Crippen LogP contribution < -0.4 is 0 Å². The van der Waals surface area contributed by atoms with Crippen molar-refractivity contribution in [2.24, 2.45) is 0 Å². The van der Waals surface area contributed by atoms with Gasteiger partial charge in [-0.25, -0.2) is 0 Å². The van der Waals surface area contributed by atoms with Crippen LogP contribution in [-0.2, 0) is 4.79 Å². The molecule has 0 radical (unpaired) electrons. The maximum absolute atomic E-state index is 11.7. The van der Waals surface area contributed by atoms with Crippen LogP contribution in [-0.4, -0.2) is 10.9 Å². The van der Waals surface area contributed by atoms with Crippen molar-refractivity contribution in [3.63, 3.8) is 0 Å². The van der Waals surface area contributed by atoms with Gasteiger partial charge in [0.2, 0.25) is 0 Å². The number of aliphatic hydroxyl groups is 1. The third-order valence-corrected chi connectivity index (χ3v) is 4.17. The first kappa shape index (κ1) is 18.2. The SMILES string of the molecule is CCC(=O)CC/C(=C\c1cccc(C)c1)CC(O)c1ccccc1. The maximum atomic E-state index is 11.7. The zero-order valence-corrected chi connectivity index (χ0v) is 14.5. The molecule has 0 saturated carbocycles. The molecule has 0 aliphatic carbocycles. The average molecular weight is 322 g/mol. The first-order valence-electron chi connectivity index (χ1n) is 8.59. The van der Waals surface area contributed by atoms with Crippen LogP contribution in [0, 0.1) is 6.92 Å². The predicted molar refractivity (Wildman–Crippen MR) is 99.7 cm³/mol. The summed E-state index contributed by atoms with van der Waals surface area (Å²) in [6, 6.07) is 18.0. The topological polar surface area (TPSA) is 37.3 Å². The first-order valence-corrected chi connectivity index (χ1v) is 8.59. The van der Waals surface area contributed by atoms with Gasteiger partial charge in [0.15, 0.2) is 0 Å². The van der Waals surface area contributed by atoms with Gasteiger partial charge in [0.05, 0.1) is 6.10 Å². The Balaban J connectivity index is 2.17. The number of hydrogen-bond acceptors (Lipinski definition) is 2. The molecule has 2 rings (SSSR count). The molecule has 0 heterocycles. The molecule has 2 heteroatoms. The van der Waals surface area contributed by atoms with Crippen LogP contribution in [0.4, 0.5) is 0 Å². The van der Waals surface area contributed by atoms with E-state index in [1.165, 1.54) is 5.56 Å². The van der Waals surface area contributed by atoms with E-state index < -0.39 is 6.10 Å².